The van der Waals surface area contributed by atoms with E-state index < -0.39 is 0 Å². The van der Waals surface area contributed by atoms with Crippen LogP contribution in [0.4, 0.5) is 5.82 Å². The molecule has 5 heterocycles. The van der Waals surface area contributed by atoms with Gasteiger partial charge in [0.25, 0.3) is 6.02 Å². The first-order valence-electron chi connectivity index (χ1n) is 8.76. The van der Waals surface area contributed by atoms with Gasteiger partial charge in [0.1, 0.15) is 18.9 Å². The average Bonchev–Trinajstić information content (AvgIpc) is 2.68. The minimum absolute atomic E-state index is 0.534. The smallest absolute Gasteiger partial charge is 0.291 e. The number of nitrogens with zero attached hydrogens (tertiary/aromatic N) is 5. The van der Waals surface area contributed by atoms with Crippen LogP contribution in [0.2, 0.25) is 0 Å². The van der Waals surface area contributed by atoms with Crippen molar-refractivity contribution in [2.24, 2.45) is 10.9 Å². The highest BCUT2D eigenvalue weighted by atomic mass is 16.5. The summed E-state index contributed by atoms with van der Waals surface area (Å²) in [6, 6.07) is 6.28. The van der Waals surface area contributed by atoms with E-state index in [1.165, 1.54) is 12.8 Å². The minimum atomic E-state index is 0.534. The molecule has 0 atom stereocenters. The lowest BCUT2D eigenvalue weighted by Gasteiger charge is -2.32. The maximum Gasteiger partial charge on any atom is 0.291 e. The number of piperidine rings is 1. The van der Waals surface area contributed by atoms with Gasteiger partial charge in [-0.15, -0.1) is 0 Å². The molecule has 0 aliphatic carbocycles. The van der Waals surface area contributed by atoms with Gasteiger partial charge >= 0.3 is 0 Å². The van der Waals surface area contributed by atoms with E-state index in [0.29, 0.717) is 18.6 Å². The molecule has 0 unspecified atom stereocenters. The third-order valence-corrected chi connectivity index (χ3v) is 4.76. The Kier molecular flexibility index (Phi) is 4.83. The van der Waals surface area contributed by atoms with Gasteiger partial charge in [0.2, 0.25) is 0 Å². The van der Waals surface area contributed by atoms with Gasteiger partial charge in [-0.1, -0.05) is 0 Å². The third kappa shape index (κ3) is 4.11. The maximum absolute atomic E-state index is 5.89. The normalized spacial score (nSPS) is 23.4. The maximum atomic E-state index is 5.89. The molecule has 1 N–H and O–H groups in total. The van der Waals surface area contributed by atoms with Crippen LogP contribution >= 0.6 is 0 Å². The number of hydrogen-bond donors (Lipinski definition) is 1. The van der Waals surface area contributed by atoms with Gasteiger partial charge in [0.15, 0.2) is 0 Å². The van der Waals surface area contributed by atoms with E-state index in [9.17, 15) is 0 Å². The summed E-state index contributed by atoms with van der Waals surface area (Å²) < 4.78 is 5.89. The Hall–Kier alpha value is -2.54. The predicted octanol–water partition coefficient (Wildman–Crippen LogP) is 2.40. The fourth-order valence-electron chi connectivity index (χ4n) is 3.24. The number of nitrogens with one attached hydrogen (secondary N) is 1. The van der Waals surface area contributed by atoms with Crippen molar-refractivity contribution in [1.29, 1.82) is 0 Å². The number of fused-ring (bicyclic) bond motifs is 6. The Balaban J connectivity index is 1.49. The molecule has 3 aliphatic rings. The molecule has 1 fully saturated rings. The van der Waals surface area contributed by atoms with Gasteiger partial charge in [0, 0.05) is 43.7 Å². The lowest BCUT2D eigenvalue weighted by atomic mass is 9.94. The van der Waals surface area contributed by atoms with Gasteiger partial charge in [-0.25, -0.2) is 15.0 Å². The Morgan fingerprint density at radius 3 is 2.76 bits per heavy atom. The Bertz CT molecular complexity index is 727. The molecule has 0 saturated carbocycles. The zero-order valence-corrected chi connectivity index (χ0v) is 14.1. The van der Waals surface area contributed by atoms with Crippen LogP contribution in [0.3, 0.4) is 0 Å². The van der Waals surface area contributed by atoms with Crippen LogP contribution in [0.1, 0.15) is 19.3 Å². The van der Waals surface area contributed by atoms with Crippen molar-refractivity contribution in [3.63, 3.8) is 0 Å². The second-order valence-corrected chi connectivity index (χ2v) is 6.46. The SMILES string of the molecule is c1cc(-c2cc(NC3=NCCC4CCN(CC4)CO3)ncn2)ccn1. The zero-order chi connectivity index (χ0) is 16.9. The van der Waals surface area contributed by atoms with Crippen LogP contribution in [0, 0.1) is 5.92 Å². The first kappa shape index (κ1) is 16.0. The number of pyridine rings is 1. The summed E-state index contributed by atoms with van der Waals surface area (Å²) >= 11 is 0. The molecule has 25 heavy (non-hydrogen) atoms. The van der Waals surface area contributed by atoms with E-state index >= 15 is 0 Å². The van der Waals surface area contributed by atoms with Gasteiger partial charge in [-0.3, -0.25) is 15.2 Å². The van der Waals surface area contributed by atoms with Crippen molar-refractivity contribution in [2.75, 3.05) is 31.7 Å². The van der Waals surface area contributed by atoms with Crippen molar-refractivity contribution in [2.45, 2.75) is 19.3 Å². The summed E-state index contributed by atoms with van der Waals surface area (Å²) in [4.78, 5) is 19.6. The van der Waals surface area contributed by atoms with Gasteiger partial charge < -0.3 is 4.74 Å². The monoisotopic (exact) mass is 338 g/mol. The highest BCUT2D eigenvalue weighted by Crippen LogP contribution is 2.22. The molecular formula is C18H22N6O. The standard InChI is InChI=1S/C18H22N6O/c1-8-20-18(25-13-24-9-4-14(1)5-10-24)23-17-11-16(21-12-22-17)15-2-6-19-7-3-15/h2-3,6-7,11-12,14H,1,4-5,8-10,13H2,(H,20,21,22,23). The average molecular weight is 338 g/mol. The lowest BCUT2D eigenvalue weighted by Crippen LogP contribution is -2.38. The molecule has 0 radical (unpaired) electrons. The molecule has 5 rings (SSSR count). The molecular weight excluding hydrogens is 316 g/mol. The molecule has 2 aromatic rings. The van der Waals surface area contributed by atoms with Crippen LogP contribution in [-0.2, 0) is 4.74 Å². The van der Waals surface area contributed by atoms with E-state index in [0.717, 1.165) is 43.2 Å². The molecule has 0 amide bonds. The van der Waals surface area contributed by atoms with E-state index in [2.05, 4.69) is 30.2 Å². The number of amidine groups is 1. The van der Waals surface area contributed by atoms with Crippen LogP contribution < -0.4 is 5.32 Å². The molecule has 2 aromatic heterocycles. The molecule has 7 heteroatoms. The Morgan fingerprint density at radius 2 is 1.92 bits per heavy atom. The lowest BCUT2D eigenvalue weighted by molar-refractivity contribution is 0.0761. The van der Waals surface area contributed by atoms with Gasteiger partial charge in [-0.2, -0.15) is 0 Å². The van der Waals surface area contributed by atoms with E-state index in [-0.39, 0.29) is 0 Å². The molecule has 7 nitrogen and oxygen atoms in total. The first-order valence-corrected chi connectivity index (χ1v) is 8.76. The highest BCUT2D eigenvalue weighted by molar-refractivity contribution is 5.88. The summed E-state index contributed by atoms with van der Waals surface area (Å²) in [6.07, 6.45) is 8.68. The quantitative estimate of drug-likeness (QED) is 0.906. The summed E-state index contributed by atoms with van der Waals surface area (Å²) in [5.74, 6) is 1.47. The fourth-order valence-corrected chi connectivity index (χ4v) is 3.24. The number of ether oxygens (including phenoxy) is 1. The number of rotatable bonds is 2. The van der Waals surface area contributed by atoms with Crippen LogP contribution in [0.25, 0.3) is 11.3 Å². The van der Waals surface area contributed by atoms with Crippen molar-refractivity contribution in [3.05, 3.63) is 36.9 Å². The summed E-state index contributed by atoms with van der Waals surface area (Å²) in [5, 5.41) is 3.20. The van der Waals surface area contributed by atoms with Gasteiger partial charge in [-0.05, 0) is 37.3 Å². The Labute approximate surface area is 147 Å². The van der Waals surface area contributed by atoms with Crippen LogP contribution in [0.5, 0.6) is 0 Å². The highest BCUT2D eigenvalue weighted by Gasteiger charge is 2.21. The zero-order valence-electron chi connectivity index (χ0n) is 14.1. The topological polar surface area (TPSA) is 75.5 Å². The van der Waals surface area contributed by atoms with Crippen molar-refractivity contribution in [3.8, 4) is 11.3 Å². The largest absolute Gasteiger partial charge is 0.449 e. The summed E-state index contributed by atoms with van der Waals surface area (Å²) in [7, 11) is 0. The van der Waals surface area contributed by atoms with E-state index in [1.54, 1.807) is 18.7 Å². The Morgan fingerprint density at radius 1 is 1.08 bits per heavy atom. The summed E-state index contributed by atoms with van der Waals surface area (Å²) in [6.45, 7) is 3.57. The molecule has 1 saturated heterocycles. The first-order chi connectivity index (χ1) is 12.4. The molecule has 0 spiro atoms. The molecule has 3 aliphatic heterocycles. The van der Waals surface area contributed by atoms with E-state index in [4.69, 9.17) is 4.74 Å². The van der Waals surface area contributed by atoms with Crippen LogP contribution in [-0.4, -0.2) is 52.2 Å². The number of anilines is 1. The van der Waals surface area contributed by atoms with Gasteiger partial charge in [0.05, 0.1) is 5.69 Å². The van der Waals surface area contributed by atoms with Crippen molar-refractivity contribution in [1.82, 2.24) is 19.9 Å². The minimum Gasteiger partial charge on any atom is -0.449 e. The number of hydrogen-bond acceptors (Lipinski definition) is 7. The summed E-state index contributed by atoms with van der Waals surface area (Å²) in [5.41, 5.74) is 1.83. The van der Waals surface area contributed by atoms with Crippen LogP contribution in [0.15, 0.2) is 41.9 Å². The molecule has 130 valence electrons. The fraction of sp³-hybridized carbons (Fsp3) is 0.444. The van der Waals surface area contributed by atoms with E-state index in [1.807, 2.05) is 18.2 Å². The molecule has 2 bridgehead atoms. The second-order valence-electron chi connectivity index (χ2n) is 6.46. The molecule has 0 aromatic carbocycles. The van der Waals surface area contributed by atoms with Crippen molar-refractivity contribution < 1.29 is 4.74 Å². The predicted molar refractivity (Wildman–Crippen MR) is 96.1 cm³/mol. The third-order valence-electron chi connectivity index (χ3n) is 4.76. The second kappa shape index (κ2) is 7.57. The number of aliphatic imine (C=N–C) groups is 1. The van der Waals surface area contributed by atoms with Crippen molar-refractivity contribution >= 4 is 11.8 Å². The number of aromatic nitrogens is 3.